The highest BCUT2D eigenvalue weighted by atomic mass is 15.1. The van der Waals surface area contributed by atoms with E-state index in [1.54, 1.807) is 0 Å². The zero-order valence-electron chi connectivity index (χ0n) is 4.39. The van der Waals surface area contributed by atoms with Crippen LogP contribution in [0.4, 0.5) is 0 Å². The maximum atomic E-state index is 4.69. The molecule has 0 fully saturated rings. The van der Waals surface area contributed by atoms with Gasteiger partial charge in [0.05, 0.1) is 0 Å². The number of aliphatic imine (C=N–C) groups is 1. The van der Waals surface area contributed by atoms with E-state index < -0.39 is 0 Å². The fourth-order valence-corrected chi connectivity index (χ4v) is 0.203. The van der Waals surface area contributed by atoms with Crippen molar-refractivity contribution in [2.75, 3.05) is 6.54 Å². The van der Waals surface area contributed by atoms with Crippen LogP contribution in [0.15, 0.2) is 10.1 Å². The topological polar surface area (TPSA) is 50.7 Å². The number of hydrazone groups is 1. The van der Waals surface area contributed by atoms with Crippen molar-refractivity contribution in [2.24, 2.45) is 15.9 Å². The average Bonchev–Trinajstić information content (AvgIpc) is 1.69. The second kappa shape index (κ2) is 5.18. The molecule has 0 aliphatic carbocycles. The number of nitrogens with two attached hydrogens (primary N) is 1. The first-order chi connectivity index (χ1) is 3.41. The highest BCUT2D eigenvalue weighted by Crippen LogP contribution is 1.71. The summed E-state index contributed by atoms with van der Waals surface area (Å²) in [5, 5.41) is 3.06. The van der Waals surface area contributed by atoms with Crippen molar-refractivity contribution in [3.05, 3.63) is 0 Å². The predicted octanol–water partition coefficient (Wildman–Crippen LogP) is 0.444. The molecule has 0 bridgehead atoms. The van der Waals surface area contributed by atoms with Gasteiger partial charge >= 0.3 is 0 Å². The number of nitrogens with zero attached hydrogens (tertiary/aromatic N) is 2. The lowest BCUT2D eigenvalue weighted by atomic mass is 10.5. The molecule has 3 heteroatoms. The van der Waals surface area contributed by atoms with Crippen LogP contribution in [-0.2, 0) is 0 Å². The lowest BCUT2D eigenvalue weighted by molar-refractivity contribution is 0.936. The number of hydrogen-bond acceptors (Lipinski definition) is 3. The molecule has 0 aliphatic heterocycles. The molecule has 0 aromatic heterocycles. The third kappa shape index (κ3) is 5.18. The summed E-state index contributed by atoms with van der Waals surface area (Å²) in [4.78, 5) is 3.67. The van der Waals surface area contributed by atoms with E-state index in [4.69, 9.17) is 0 Å². The maximum absolute atomic E-state index is 4.69. The summed E-state index contributed by atoms with van der Waals surface area (Å²) in [7, 11) is 0. The molecule has 7 heavy (non-hydrogen) atoms. The Bertz CT molecular complexity index is 80.9. The lowest BCUT2D eigenvalue weighted by Gasteiger charge is -1.74. The van der Waals surface area contributed by atoms with Gasteiger partial charge in [0.1, 0.15) is 6.01 Å². The standard InChI is InChI=1S/C4H9N3/c1-2-3-6-4-7-5/h2-3,5H2,1H3. The van der Waals surface area contributed by atoms with Crippen LogP contribution in [0.25, 0.3) is 0 Å². The third-order valence-electron chi connectivity index (χ3n) is 0.464. The minimum absolute atomic E-state index is 0.765. The molecule has 0 heterocycles. The highest BCUT2D eigenvalue weighted by molar-refractivity contribution is 5.39. The van der Waals surface area contributed by atoms with Crippen LogP contribution in [0, 0.1) is 0 Å². The fourth-order valence-electron chi connectivity index (χ4n) is 0.203. The van der Waals surface area contributed by atoms with Gasteiger partial charge in [-0.3, -0.25) is 0 Å². The van der Waals surface area contributed by atoms with Crippen molar-refractivity contribution in [3.8, 4) is 0 Å². The molecule has 0 aromatic carbocycles. The predicted molar refractivity (Wildman–Crippen MR) is 29.2 cm³/mol. The Labute approximate surface area is 42.9 Å². The van der Waals surface area contributed by atoms with Gasteiger partial charge in [0.2, 0.25) is 0 Å². The molecule has 0 amide bonds. The van der Waals surface area contributed by atoms with Crippen LogP contribution in [0.2, 0.25) is 0 Å². The Morgan fingerprint density at radius 3 is 2.86 bits per heavy atom. The van der Waals surface area contributed by atoms with Crippen molar-refractivity contribution in [1.82, 2.24) is 0 Å². The maximum Gasteiger partial charge on any atom is 0.114 e. The Hall–Kier alpha value is -0.820. The SMILES string of the molecule is CCCN=C=NN. The second-order valence-corrected chi connectivity index (χ2v) is 1.11. The minimum atomic E-state index is 0.765. The minimum Gasteiger partial charge on any atom is -0.314 e. The van der Waals surface area contributed by atoms with Gasteiger partial charge in [-0.2, -0.15) is 0 Å². The molecule has 0 saturated carbocycles. The molecule has 2 N–H and O–H groups in total. The smallest absolute Gasteiger partial charge is 0.114 e. The molecule has 0 rings (SSSR count). The van der Waals surface area contributed by atoms with E-state index in [2.05, 4.69) is 21.9 Å². The van der Waals surface area contributed by atoms with E-state index in [0.717, 1.165) is 13.0 Å². The Kier molecular flexibility index (Phi) is 4.57. The number of hydrogen-bond donors (Lipinski definition) is 1. The summed E-state index contributed by atoms with van der Waals surface area (Å²) in [6.45, 7) is 2.79. The summed E-state index contributed by atoms with van der Waals surface area (Å²) in [5.41, 5.74) is 0. The van der Waals surface area contributed by atoms with Crippen molar-refractivity contribution >= 4 is 6.01 Å². The van der Waals surface area contributed by atoms with Gasteiger partial charge < -0.3 is 5.84 Å². The third-order valence-corrected chi connectivity index (χ3v) is 0.464. The van der Waals surface area contributed by atoms with E-state index in [-0.39, 0.29) is 0 Å². The average molecular weight is 99.1 g/mol. The summed E-state index contributed by atoms with van der Waals surface area (Å²) < 4.78 is 0. The monoisotopic (exact) mass is 99.1 g/mol. The quantitative estimate of drug-likeness (QED) is 0.305. The van der Waals surface area contributed by atoms with Crippen LogP contribution < -0.4 is 5.84 Å². The molecule has 0 saturated heterocycles. The lowest BCUT2D eigenvalue weighted by Crippen LogP contribution is -1.76. The van der Waals surface area contributed by atoms with E-state index >= 15 is 0 Å². The van der Waals surface area contributed by atoms with Crippen molar-refractivity contribution in [1.29, 1.82) is 0 Å². The summed E-state index contributed by atoms with van der Waals surface area (Å²) >= 11 is 0. The van der Waals surface area contributed by atoms with Gasteiger partial charge in [-0.1, -0.05) is 6.92 Å². The molecule has 0 unspecified atom stereocenters. The zero-order valence-corrected chi connectivity index (χ0v) is 4.39. The fraction of sp³-hybridized carbons (Fsp3) is 0.750. The largest absolute Gasteiger partial charge is 0.314 e. The molecular weight excluding hydrogens is 90.1 g/mol. The van der Waals surface area contributed by atoms with E-state index in [0.29, 0.717) is 0 Å². The van der Waals surface area contributed by atoms with Crippen LogP contribution in [0.1, 0.15) is 13.3 Å². The Balaban J connectivity index is 3.10. The van der Waals surface area contributed by atoms with Gasteiger partial charge in [0.25, 0.3) is 0 Å². The van der Waals surface area contributed by atoms with Crippen molar-refractivity contribution in [2.45, 2.75) is 13.3 Å². The van der Waals surface area contributed by atoms with E-state index in [1.165, 1.54) is 0 Å². The van der Waals surface area contributed by atoms with Gasteiger partial charge in [0, 0.05) is 6.54 Å². The molecule has 3 nitrogen and oxygen atoms in total. The summed E-state index contributed by atoms with van der Waals surface area (Å²) in [6.07, 6.45) is 1.02. The van der Waals surface area contributed by atoms with Gasteiger partial charge in [-0.25, -0.2) is 4.99 Å². The molecule has 0 radical (unpaired) electrons. The van der Waals surface area contributed by atoms with Crippen LogP contribution in [0.5, 0.6) is 0 Å². The van der Waals surface area contributed by atoms with Crippen molar-refractivity contribution < 1.29 is 0 Å². The Morgan fingerprint density at radius 1 is 1.71 bits per heavy atom. The first-order valence-electron chi connectivity index (χ1n) is 2.23. The van der Waals surface area contributed by atoms with Crippen LogP contribution in [0.3, 0.4) is 0 Å². The first kappa shape index (κ1) is 6.18. The van der Waals surface area contributed by atoms with Crippen LogP contribution >= 0.6 is 0 Å². The second-order valence-electron chi connectivity index (χ2n) is 1.11. The van der Waals surface area contributed by atoms with Crippen molar-refractivity contribution in [3.63, 3.8) is 0 Å². The summed E-state index contributed by atoms with van der Waals surface area (Å²) in [5.74, 6) is 4.69. The van der Waals surface area contributed by atoms with Crippen LogP contribution in [-0.4, -0.2) is 12.6 Å². The Morgan fingerprint density at radius 2 is 2.43 bits per heavy atom. The highest BCUT2D eigenvalue weighted by Gasteiger charge is 1.65. The molecule has 0 spiro atoms. The van der Waals surface area contributed by atoms with Gasteiger partial charge in [0.15, 0.2) is 0 Å². The summed E-state index contributed by atoms with van der Waals surface area (Å²) in [6, 6.07) is 2.28. The van der Waals surface area contributed by atoms with E-state index in [1.807, 2.05) is 6.92 Å². The van der Waals surface area contributed by atoms with Gasteiger partial charge in [-0.15, -0.1) is 5.10 Å². The molecule has 0 atom stereocenters. The van der Waals surface area contributed by atoms with Gasteiger partial charge in [-0.05, 0) is 6.42 Å². The molecule has 40 valence electrons. The molecule has 0 aromatic rings. The van der Waals surface area contributed by atoms with E-state index in [9.17, 15) is 0 Å². The molecule has 0 aliphatic rings. The molecular formula is C4H9N3. The normalized spacial score (nSPS) is 7.00. The zero-order chi connectivity index (χ0) is 5.54. The number of rotatable bonds is 2. The first-order valence-corrected chi connectivity index (χ1v) is 2.23.